The molecule has 0 bridgehead atoms. The third kappa shape index (κ3) is 2.89. The fourth-order valence-electron chi connectivity index (χ4n) is 3.29. The molecule has 4 rings (SSSR count). The molecule has 1 aliphatic rings. The zero-order valence-electron chi connectivity index (χ0n) is 14.3. The smallest absolute Gasteiger partial charge is 0.229 e. The van der Waals surface area contributed by atoms with Crippen molar-refractivity contribution in [2.45, 2.75) is 12.8 Å². The standard InChI is InChI=1S/C20H14BrClN4O/c1-11-17-18(14-4-2-3-5-16(14)22)15(10-23)19(24)27-20(17)26(25-11)13-8-6-12(21)7-9-13/h2-9,18H,24H2,1H3/t18-/m1/s1. The zero-order valence-corrected chi connectivity index (χ0v) is 16.6. The Labute approximate surface area is 169 Å². The van der Waals surface area contributed by atoms with Crippen LogP contribution >= 0.6 is 27.5 Å². The summed E-state index contributed by atoms with van der Waals surface area (Å²) in [4.78, 5) is 0. The minimum atomic E-state index is -0.434. The first kappa shape index (κ1) is 17.7. The maximum atomic E-state index is 9.71. The average molecular weight is 442 g/mol. The Bertz CT molecular complexity index is 1110. The molecule has 0 radical (unpaired) electrons. The summed E-state index contributed by atoms with van der Waals surface area (Å²) in [7, 11) is 0. The Kier molecular flexibility index (Phi) is 4.42. The minimum Gasteiger partial charge on any atom is -0.422 e. The van der Waals surface area contributed by atoms with Crippen molar-refractivity contribution in [3.05, 3.63) is 86.3 Å². The van der Waals surface area contributed by atoms with Crippen molar-refractivity contribution in [1.82, 2.24) is 9.78 Å². The molecule has 0 aliphatic carbocycles. The van der Waals surface area contributed by atoms with Crippen molar-refractivity contribution < 1.29 is 4.74 Å². The maximum Gasteiger partial charge on any atom is 0.229 e. The lowest BCUT2D eigenvalue weighted by Gasteiger charge is -2.25. The summed E-state index contributed by atoms with van der Waals surface area (Å²) in [5.41, 5.74) is 9.59. The number of nitriles is 1. The highest BCUT2D eigenvalue weighted by atomic mass is 79.9. The second kappa shape index (κ2) is 6.76. The zero-order chi connectivity index (χ0) is 19.1. The Morgan fingerprint density at radius 1 is 1.22 bits per heavy atom. The van der Waals surface area contributed by atoms with Crippen LogP contribution in [0.5, 0.6) is 5.88 Å². The van der Waals surface area contributed by atoms with Gasteiger partial charge in [0.2, 0.25) is 11.8 Å². The summed E-state index contributed by atoms with van der Waals surface area (Å²) in [6.07, 6.45) is 0. The topological polar surface area (TPSA) is 76.9 Å². The number of fused-ring (bicyclic) bond motifs is 1. The third-order valence-electron chi connectivity index (χ3n) is 4.52. The number of hydrogen-bond acceptors (Lipinski definition) is 4. The summed E-state index contributed by atoms with van der Waals surface area (Å²) >= 11 is 9.88. The number of rotatable bonds is 2. The molecule has 1 aliphatic heterocycles. The molecule has 5 nitrogen and oxygen atoms in total. The molecule has 7 heteroatoms. The number of hydrogen-bond donors (Lipinski definition) is 1. The van der Waals surface area contributed by atoms with E-state index in [1.54, 1.807) is 10.7 Å². The number of nitrogens with zero attached hydrogens (tertiary/aromatic N) is 3. The van der Waals surface area contributed by atoms with Gasteiger partial charge in [-0.15, -0.1) is 0 Å². The Morgan fingerprint density at radius 2 is 1.93 bits per heavy atom. The van der Waals surface area contributed by atoms with Crippen LogP contribution in [0, 0.1) is 18.3 Å². The molecule has 1 aromatic heterocycles. The van der Waals surface area contributed by atoms with Gasteiger partial charge in [0.15, 0.2) is 0 Å². The molecular formula is C20H14BrClN4O. The lowest BCUT2D eigenvalue weighted by molar-refractivity contribution is 0.367. The summed E-state index contributed by atoms with van der Waals surface area (Å²) in [5.74, 6) is 0.126. The van der Waals surface area contributed by atoms with Gasteiger partial charge in [-0.1, -0.05) is 45.7 Å². The predicted molar refractivity (Wildman–Crippen MR) is 107 cm³/mol. The van der Waals surface area contributed by atoms with Crippen LogP contribution < -0.4 is 10.5 Å². The van der Waals surface area contributed by atoms with Gasteiger partial charge in [-0.3, -0.25) is 0 Å². The van der Waals surface area contributed by atoms with E-state index >= 15 is 0 Å². The quantitative estimate of drug-likeness (QED) is 0.619. The molecule has 2 aromatic carbocycles. The van der Waals surface area contributed by atoms with E-state index in [-0.39, 0.29) is 5.88 Å². The van der Waals surface area contributed by atoms with Crippen molar-refractivity contribution >= 4 is 27.5 Å². The molecule has 2 heterocycles. The van der Waals surface area contributed by atoms with Gasteiger partial charge in [-0.05, 0) is 42.8 Å². The highest BCUT2D eigenvalue weighted by Gasteiger charge is 2.36. The number of ether oxygens (including phenoxy) is 1. The van der Waals surface area contributed by atoms with Crippen LogP contribution in [0.4, 0.5) is 0 Å². The molecule has 2 N–H and O–H groups in total. The number of benzene rings is 2. The van der Waals surface area contributed by atoms with Crippen molar-refractivity contribution in [2.75, 3.05) is 0 Å². The maximum absolute atomic E-state index is 9.71. The van der Waals surface area contributed by atoms with Gasteiger partial charge in [-0.25, -0.2) is 4.68 Å². The highest BCUT2D eigenvalue weighted by Crippen LogP contribution is 2.46. The van der Waals surface area contributed by atoms with Crippen molar-refractivity contribution in [2.24, 2.45) is 5.73 Å². The molecule has 0 saturated heterocycles. The SMILES string of the molecule is Cc1nn(-c2ccc(Br)cc2)c2c1[C@H](c1ccccc1Cl)C(C#N)=C(N)O2. The Morgan fingerprint density at radius 3 is 2.59 bits per heavy atom. The minimum absolute atomic E-state index is 0.0631. The van der Waals surface area contributed by atoms with Crippen LogP contribution in [0.1, 0.15) is 22.7 Å². The first-order valence-corrected chi connectivity index (χ1v) is 9.36. The summed E-state index contributed by atoms with van der Waals surface area (Å²) < 4.78 is 8.50. The lowest BCUT2D eigenvalue weighted by atomic mass is 9.84. The molecule has 1 atom stereocenters. The second-order valence-corrected chi connectivity index (χ2v) is 7.46. The van der Waals surface area contributed by atoms with Crippen LogP contribution in [-0.2, 0) is 0 Å². The van der Waals surface area contributed by atoms with Gasteiger partial charge in [-0.2, -0.15) is 10.4 Å². The van der Waals surface area contributed by atoms with Gasteiger partial charge in [0, 0.05) is 9.50 Å². The van der Waals surface area contributed by atoms with E-state index in [2.05, 4.69) is 27.1 Å². The van der Waals surface area contributed by atoms with Crippen molar-refractivity contribution in [3.8, 4) is 17.6 Å². The van der Waals surface area contributed by atoms with Crippen LogP contribution in [-0.4, -0.2) is 9.78 Å². The molecule has 134 valence electrons. The number of allylic oxidation sites excluding steroid dienone is 1. The fraction of sp³-hybridized carbons (Fsp3) is 0.100. The molecule has 27 heavy (non-hydrogen) atoms. The predicted octanol–water partition coefficient (Wildman–Crippen LogP) is 4.81. The van der Waals surface area contributed by atoms with E-state index < -0.39 is 5.92 Å². The van der Waals surface area contributed by atoms with Crippen LogP contribution in [0.15, 0.2) is 64.5 Å². The molecule has 0 fully saturated rings. The first-order valence-electron chi connectivity index (χ1n) is 8.18. The second-order valence-electron chi connectivity index (χ2n) is 6.14. The number of aryl methyl sites for hydroxylation is 1. The van der Waals surface area contributed by atoms with Crippen LogP contribution in [0.25, 0.3) is 5.69 Å². The summed E-state index contributed by atoms with van der Waals surface area (Å²) in [6.45, 7) is 1.89. The van der Waals surface area contributed by atoms with E-state index in [4.69, 9.17) is 22.1 Å². The van der Waals surface area contributed by atoms with Gasteiger partial charge in [0.25, 0.3) is 0 Å². The molecular weight excluding hydrogens is 428 g/mol. The molecule has 0 amide bonds. The highest BCUT2D eigenvalue weighted by molar-refractivity contribution is 9.10. The number of aromatic nitrogens is 2. The van der Waals surface area contributed by atoms with Gasteiger partial charge < -0.3 is 10.5 Å². The lowest BCUT2D eigenvalue weighted by Crippen LogP contribution is -2.22. The van der Waals surface area contributed by atoms with Gasteiger partial charge >= 0.3 is 0 Å². The fourth-order valence-corrected chi connectivity index (χ4v) is 3.80. The van der Waals surface area contributed by atoms with Crippen molar-refractivity contribution in [1.29, 1.82) is 5.26 Å². The van der Waals surface area contributed by atoms with Gasteiger partial charge in [0.1, 0.15) is 11.6 Å². The monoisotopic (exact) mass is 440 g/mol. The normalized spacial score (nSPS) is 15.9. The Balaban J connectivity index is 1.97. The first-order chi connectivity index (χ1) is 13.0. The van der Waals surface area contributed by atoms with E-state index in [9.17, 15) is 5.26 Å². The molecule has 0 saturated carbocycles. The largest absolute Gasteiger partial charge is 0.422 e. The molecule has 0 unspecified atom stereocenters. The third-order valence-corrected chi connectivity index (χ3v) is 5.39. The van der Waals surface area contributed by atoms with Crippen LogP contribution in [0.3, 0.4) is 0 Å². The summed E-state index contributed by atoms with van der Waals surface area (Å²) in [6, 6.07) is 17.3. The van der Waals surface area contributed by atoms with E-state index in [0.29, 0.717) is 16.5 Å². The van der Waals surface area contributed by atoms with Crippen molar-refractivity contribution in [3.63, 3.8) is 0 Å². The summed E-state index contributed by atoms with van der Waals surface area (Å²) in [5, 5.41) is 14.9. The number of nitrogens with two attached hydrogens (primary N) is 1. The molecule has 3 aromatic rings. The van der Waals surface area contributed by atoms with E-state index in [1.807, 2.05) is 49.4 Å². The molecule has 0 spiro atoms. The van der Waals surface area contributed by atoms with E-state index in [0.717, 1.165) is 27.0 Å². The Hall–Kier alpha value is -2.75. The average Bonchev–Trinajstić information content (AvgIpc) is 2.98. The van der Waals surface area contributed by atoms with Crippen LogP contribution in [0.2, 0.25) is 5.02 Å². The number of halogens is 2. The van der Waals surface area contributed by atoms with E-state index in [1.165, 1.54) is 0 Å². The van der Waals surface area contributed by atoms with Gasteiger partial charge in [0.05, 0.1) is 22.9 Å².